The van der Waals surface area contributed by atoms with E-state index in [1.807, 2.05) is 0 Å². The molecule has 122 valence electrons. The maximum atomic E-state index is 12.3. The number of hydrogen-bond donors (Lipinski definition) is 1. The molecule has 0 saturated heterocycles. The molecular weight excluding hydrogens is 368 g/mol. The van der Waals surface area contributed by atoms with Gasteiger partial charge in [0.25, 0.3) is 11.6 Å². The molecule has 0 atom stereocenters. The van der Waals surface area contributed by atoms with Crippen LogP contribution in [0, 0.1) is 17.0 Å². The number of aryl methyl sites for hydroxylation is 1. The zero-order valence-electron chi connectivity index (χ0n) is 12.8. The summed E-state index contributed by atoms with van der Waals surface area (Å²) in [6.45, 7) is 3.97. The fraction of sp³-hybridized carbons (Fsp3) is 0.286. The van der Waals surface area contributed by atoms with Gasteiger partial charge in [0.2, 0.25) is 0 Å². The average molecular weight is 383 g/mol. The Bertz CT molecular complexity index is 772. The van der Waals surface area contributed by atoms with Crippen LogP contribution in [0.2, 0.25) is 0 Å². The number of nitrogens with one attached hydrogen (secondary N) is 1. The molecule has 1 amide bonds. The number of benzene rings is 1. The van der Waals surface area contributed by atoms with Crippen LogP contribution in [-0.4, -0.2) is 27.2 Å². The molecule has 0 saturated carbocycles. The highest BCUT2D eigenvalue weighted by atomic mass is 79.9. The third-order valence-electron chi connectivity index (χ3n) is 3.20. The first-order valence-corrected chi connectivity index (χ1v) is 7.56. The van der Waals surface area contributed by atoms with Gasteiger partial charge in [0.15, 0.2) is 5.69 Å². The Morgan fingerprint density at radius 2 is 2.22 bits per heavy atom. The molecule has 9 heteroatoms. The smallest absolute Gasteiger partial charge is 0.296 e. The van der Waals surface area contributed by atoms with Crippen molar-refractivity contribution in [1.82, 2.24) is 9.78 Å². The van der Waals surface area contributed by atoms with Crippen molar-refractivity contribution in [1.29, 1.82) is 0 Å². The van der Waals surface area contributed by atoms with Gasteiger partial charge in [0, 0.05) is 7.05 Å². The van der Waals surface area contributed by atoms with E-state index in [-0.39, 0.29) is 17.1 Å². The summed E-state index contributed by atoms with van der Waals surface area (Å²) in [5.41, 5.74) is 0.774. The fourth-order valence-electron chi connectivity index (χ4n) is 1.93. The summed E-state index contributed by atoms with van der Waals surface area (Å²) in [6, 6.07) is 4.27. The molecule has 0 aliphatic heterocycles. The number of ether oxygens (including phenoxy) is 1. The second kappa shape index (κ2) is 6.78. The lowest BCUT2D eigenvalue weighted by atomic mass is 10.2. The Labute approximate surface area is 140 Å². The van der Waals surface area contributed by atoms with E-state index in [1.165, 1.54) is 12.1 Å². The summed E-state index contributed by atoms with van der Waals surface area (Å²) in [6.07, 6.45) is 0. The average Bonchev–Trinajstić information content (AvgIpc) is 2.76. The van der Waals surface area contributed by atoms with Gasteiger partial charge < -0.3 is 10.1 Å². The first-order valence-electron chi connectivity index (χ1n) is 6.76. The van der Waals surface area contributed by atoms with E-state index < -0.39 is 10.8 Å². The first kappa shape index (κ1) is 16.9. The molecule has 1 N–H and O–H groups in total. The van der Waals surface area contributed by atoms with Gasteiger partial charge in [-0.3, -0.25) is 19.6 Å². The topological polar surface area (TPSA) is 99.3 Å². The number of aromatic nitrogens is 2. The van der Waals surface area contributed by atoms with E-state index >= 15 is 0 Å². The van der Waals surface area contributed by atoms with Crippen molar-refractivity contribution in [3.8, 4) is 5.75 Å². The lowest BCUT2D eigenvalue weighted by molar-refractivity contribution is -0.384. The number of rotatable bonds is 5. The second-order valence-corrected chi connectivity index (χ2v) is 5.49. The summed E-state index contributed by atoms with van der Waals surface area (Å²) in [5.74, 6) is -0.167. The molecule has 2 aromatic rings. The minimum atomic E-state index is -0.573. The number of carbonyl (C=O) groups is 1. The molecule has 0 spiro atoms. The molecule has 1 aromatic heterocycles. The lowest BCUT2D eigenvalue weighted by Gasteiger charge is -2.07. The van der Waals surface area contributed by atoms with Gasteiger partial charge in [-0.1, -0.05) is 0 Å². The van der Waals surface area contributed by atoms with Crippen LogP contribution in [0.15, 0.2) is 22.7 Å². The van der Waals surface area contributed by atoms with E-state index in [0.717, 1.165) is 5.69 Å². The van der Waals surface area contributed by atoms with Gasteiger partial charge in [-0.15, -0.1) is 0 Å². The van der Waals surface area contributed by atoms with E-state index in [0.29, 0.717) is 16.8 Å². The number of amides is 1. The normalized spacial score (nSPS) is 10.4. The molecule has 8 nitrogen and oxygen atoms in total. The number of nitrogens with zero attached hydrogens (tertiary/aromatic N) is 3. The summed E-state index contributed by atoms with van der Waals surface area (Å²) in [5, 5.41) is 17.8. The summed E-state index contributed by atoms with van der Waals surface area (Å²) in [4.78, 5) is 22.9. The minimum absolute atomic E-state index is 0.0821. The Morgan fingerprint density at radius 1 is 1.52 bits per heavy atom. The van der Waals surface area contributed by atoms with E-state index in [4.69, 9.17) is 4.74 Å². The third kappa shape index (κ3) is 3.50. The molecule has 1 aromatic carbocycles. The van der Waals surface area contributed by atoms with Crippen LogP contribution in [0.1, 0.15) is 23.1 Å². The van der Waals surface area contributed by atoms with Gasteiger partial charge >= 0.3 is 0 Å². The Balaban J connectivity index is 2.33. The monoisotopic (exact) mass is 382 g/mol. The maximum Gasteiger partial charge on any atom is 0.296 e. The maximum absolute atomic E-state index is 12.3. The highest BCUT2D eigenvalue weighted by molar-refractivity contribution is 9.10. The largest absolute Gasteiger partial charge is 0.494 e. The Kier molecular flexibility index (Phi) is 4.99. The van der Waals surface area contributed by atoms with Crippen molar-refractivity contribution in [2.75, 3.05) is 11.9 Å². The van der Waals surface area contributed by atoms with E-state index in [1.54, 1.807) is 31.6 Å². The molecule has 0 radical (unpaired) electrons. The van der Waals surface area contributed by atoms with Gasteiger partial charge in [-0.2, -0.15) is 5.10 Å². The van der Waals surface area contributed by atoms with Crippen molar-refractivity contribution >= 4 is 33.2 Å². The van der Waals surface area contributed by atoms with Gasteiger partial charge in [-0.25, -0.2) is 0 Å². The van der Waals surface area contributed by atoms with Gasteiger partial charge in [-0.05, 0) is 41.9 Å². The molecule has 2 rings (SSSR count). The molecular formula is C14H15BrN4O4. The number of nitro benzene ring substituents is 1. The minimum Gasteiger partial charge on any atom is -0.494 e. The van der Waals surface area contributed by atoms with Crippen LogP contribution in [0.3, 0.4) is 0 Å². The zero-order chi connectivity index (χ0) is 17.1. The highest BCUT2D eigenvalue weighted by Gasteiger charge is 2.22. The predicted molar refractivity (Wildman–Crippen MR) is 87.9 cm³/mol. The van der Waals surface area contributed by atoms with Crippen LogP contribution < -0.4 is 10.1 Å². The summed E-state index contributed by atoms with van der Waals surface area (Å²) in [7, 11) is 1.70. The number of nitro groups is 1. The molecule has 0 fully saturated rings. The van der Waals surface area contributed by atoms with E-state index in [9.17, 15) is 14.9 Å². The van der Waals surface area contributed by atoms with Crippen LogP contribution in [0.25, 0.3) is 0 Å². The van der Waals surface area contributed by atoms with Crippen molar-refractivity contribution in [2.24, 2.45) is 7.05 Å². The van der Waals surface area contributed by atoms with Gasteiger partial charge in [0.05, 0.1) is 27.8 Å². The number of anilines is 1. The second-order valence-electron chi connectivity index (χ2n) is 4.69. The molecule has 0 bridgehead atoms. The molecule has 0 aliphatic rings. The lowest BCUT2D eigenvalue weighted by Crippen LogP contribution is -2.14. The zero-order valence-corrected chi connectivity index (χ0v) is 14.4. The van der Waals surface area contributed by atoms with Crippen LogP contribution in [0.5, 0.6) is 5.75 Å². The standard InChI is InChI=1S/C14H15BrN4O4/c1-4-23-9-5-6-10(11(7-9)19(21)22)16-14(20)13-12(15)8(2)18(3)17-13/h5-7H,4H2,1-3H3,(H,16,20). The van der Waals surface area contributed by atoms with Crippen LogP contribution in [-0.2, 0) is 7.05 Å². The van der Waals surface area contributed by atoms with Crippen molar-refractivity contribution in [3.05, 3.63) is 44.2 Å². The molecule has 23 heavy (non-hydrogen) atoms. The predicted octanol–water partition coefficient (Wildman–Crippen LogP) is 3.05. The number of carbonyl (C=O) groups excluding carboxylic acids is 1. The van der Waals surface area contributed by atoms with Crippen LogP contribution in [0.4, 0.5) is 11.4 Å². The summed E-state index contributed by atoms with van der Waals surface area (Å²) < 4.78 is 7.33. The number of hydrogen-bond acceptors (Lipinski definition) is 5. The van der Waals surface area contributed by atoms with Gasteiger partial charge in [0.1, 0.15) is 11.4 Å². The van der Waals surface area contributed by atoms with E-state index in [2.05, 4.69) is 26.3 Å². The molecule has 0 aliphatic carbocycles. The molecule has 1 heterocycles. The number of halogens is 1. The molecule has 0 unspecified atom stereocenters. The third-order valence-corrected chi connectivity index (χ3v) is 4.15. The Hall–Kier alpha value is -2.42. The Morgan fingerprint density at radius 3 is 2.74 bits per heavy atom. The van der Waals surface area contributed by atoms with Crippen molar-refractivity contribution in [2.45, 2.75) is 13.8 Å². The van der Waals surface area contributed by atoms with Crippen molar-refractivity contribution in [3.63, 3.8) is 0 Å². The van der Waals surface area contributed by atoms with Crippen LogP contribution >= 0.6 is 15.9 Å². The SMILES string of the molecule is CCOc1ccc(NC(=O)c2nn(C)c(C)c2Br)c([N+](=O)[O-])c1. The van der Waals surface area contributed by atoms with Crippen molar-refractivity contribution < 1.29 is 14.5 Å². The fourth-order valence-corrected chi connectivity index (χ4v) is 2.45. The summed E-state index contributed by atoms with van der Waals surface area (Å²) >= 11 is 3.30. The quantitative estimate of drug-likeness (QED) is 0.632. The first-order chi connectivity index (χ1) is 10.8. The highest BCUT2D eigenvalue weighted by Crippen LogP contribution is 2.30.